The maximum Gasteiger partial charge on any atom is 0.253 e. The van der Waals surface area contributed by atoms with Gasteiger partial charge in [-0.2, -0.15) is 0 Å². The molecule has 2 amide bonds. The fourth-order valence-electron chi connectivity index (χ4n) is 2.85. The maximum atomic E-state index is 12.9. The Morgan fingerprint density at radius 1 is 1.04 bits per heavy atom. The Labute approximate surface area is 149 Å². The third kappa shape index (κ3) is 4.69. The van der Waals surface area contributed by atoms with Crippen LogP contribution in [0.15, 0.2) is 48.5 Å². The molecule has 0 bridgehead atoms. The second kappa shape index (κ2) is 7.51. The van der Waals surface area contributed by atoms with Gasteiger partial charge in [0.2, 0.25) is 5.91 Å². The Hall–Kier alpha value is -2.62. The van der Waals surface area contributed by atoms with Gasteiger partial charge in [0.05, 0.1) is 0 Å². The van der Waals surface area contributed by atoms with E-state index in [2.05, 4.69) is 20.8 Å². The zero-order chi connectivity index (χ0) is 18.6. The smallest absolute Gasteiger partial charge is 0.253 e. The monoisotopic (exact) mass is 338 g/mol. The first-order chi connectivity index (χ1) is 11.7. The number of nitrogens with zero attached hydrogens (tertiary/aromatic N) is 1. The minimum absolute atomic E-state index is 0.00386. The number of carbonyl (C=O) groups is 2. The molecule has 0 radical (unpaired) electrons. The van der Waals surface area contributed by atoms with Gasteiger partial charge in [-0.15, -0.1) is 0 Å². The van der Waals surface area contributed by atoms with Gasteiger partial charge < -0.3 is 10.6 Å². The Morgan fingerprint density at radius 2 is 1.72 bits per heavy atom. The molecule has 2 rings (SSSR count). The van der Waals surface area contributed by atoms with Gasteiger partial charge in [-0.1, -0.05) is 51.1 Å². The molecule has 0 aromatic heterocycles. The molecule has 0 unspecified atom stereocenters. The number of hydrogen-bond donors (Lipinski definition) is 1. The van der Waals surface area contributed by atoms with Crippen LogP contribution in [0, 0.1) is 5.41 Å². The Balaban J connectivity index is 2.39. The summed E-state index contributed by atoms with van der Waals surface area (Å²) in [5.74, 6) is -0.480. The fourth-order valence-corrected chi connectivity index (χ4v) is 2.85. The first-order valence-corrected chi connectivity index (χ1v) is 8.51. The Bertz CT molecular complexity index is 775. The zero-order valence-electron chi connectivity index (χ0n) is 15.4. The van der Waals surface area contributed by atoms with E-state index in [1.165, 1.54) is 0 Å². The number of nitrogens with two attached hydrogens (primary N) is 1. The van der Waals surface area contributed by atoms with E-state index >= 15 is 0 Å². The summed E-state index contributed by atoms with van der Waals surface area (Å²) in [6, 6.07) is 14.5. The Kier molecular flexibility index (Phi) is 5.62. The van der Waals surface area contributed by atoms with Crippen molar-refractivity contribution < 1.29 is 9.59 Å². The summed E-state index contributed by atoms with van der Waals surface area (Å²) in [5, 5.41) is 0. The molecule has 2 aromatic rings. The van der Waals surface area contributed by atoms with Crippen LogP contribution in [0.3, 0.4) is 0 Å². The van der Waals surface area contributed by atoms with E-state index in [0.29, 0.717) is 24.2 Å². The number of amides is 2. The topological polar surface area (TPSA) is 63.4 Å². The molecule has 0 atom stereocenters. The quantitative estimate of drug-likeness (QED) is 0.897. The molecule has 25 heavy (non-hydrogen) atoms. The molecule has 0 saturated heterocycles. The van der Waals surface area contributed by atoms with Crippen LogP contribution in [0.25, 0.3) is 11.1 Å². The molecule has 2 N–H and O–H groups in total. The highest BCUT2D eigenvalue weighted by Gasteiger charge is 2.21. The molecule has 0 aliphatic heterocycles. The normalized spacial score (nSPS) is 11.2. The summed E-state index contributed by atoms with van der Waals surface area (Å²) in [5.41, 5.74) is 8.12. The lowest BCUT2D eigenvalue weighted by Gasteiger charge is -2.29. The van der Waals surface area contributed by atoms with E-state index in [9.17, 15) is 9.59 Å². The predicted molar refractivity (Wildman–Crippen MR) is 101 cm³/mol. The highest BCUT2D eigenvalue weighted by atomic mass is 16.2. The predicted octanol–water partition coefficient (Wildman–Crippen LogP) is 3.96. The molecule has 0 saturated carbocycles. The molecule has 0 fully saturated rings. The van der Waals surface area contributed by atoms with Gasteiger partial charge in [0.1, 0.15) is 0 Å². The molecule has 0 spiro atoms. The lowest BCUT2D eigenvalue weighted by molar-refractivity contribution is 0.0706. The minimum Gasteiger partial charge on any atom is -0.366 e. The van der Waals surface area contributed by atoms with E-state index in [1.807, 2.05) is 48.2 Å². The SMILES string of the molecule is CCN(CC(C)(C)C)C(=O)c1cccc(-c2ccccc2C(N)=O)c1. The number of hydrogen-bond acceptors (Lipinski definition) is 2. The van der Waals surface area contributed by atoms with Crippen LogP contribution in [0.1, 0.15) is 48.4 Å². The van der Waals surface area contributed by atoms with Crippen LogP contribution in [-0.4, -0.2) is 29.8 Å². The van der Waals surface area contributed by atoms with E-state index in [-0.39, 0.29) is 11.3 Å². The summed E-state index contributed by atoms with van der Waals surface area (Å²) in [7, 11) is 0. The van der Waals surface area contributed by atoms with E-state index in [1.54, 1.807) is 12.1 Å². The van der Waals surface area contributed by atoms with Crippen LogP contribution in [-0.2, 0) is 0 Å². The summed E-state index contributed by atoms with van der Waals surface area (Å²) in [6.07, 6.45) is 0. The van der Waals surface area contributed by atoms with Crippen molar-refractivity contribution >= 4 is 11.8 Å². The van der Waals surface area contributed by atoms with E-state index < -0.39 is 5.91 Å². The molecule has 0 heterocycles. The van der Waals surface area contributed by atoms with Gasteiger partial charge in [0, 0.05) is 24.2 Å². The third-order valence-corrected chi connectivity index (χ3v) is 3.95. The van der Waals surface area contributed by atoms with Crippen molar-refractivity contribution in [3.8, 4) is 11.1 Å². The van der Waals surface area contributed by atoms with Crippen LogP contribution in [0.5, 0.6) is 0 Å². The molecule has 0 aliphatic rings. The largest absolute Gasteiger partial charge is 0.366 e. The average Bonchev–Trinajstić information content (AvgIpc) is 2.58. The zero-order valence-corrected chi connectivity index (χ0v) is 15.4. The maximum absolute atomic E-state index is 12.9. The first kappa shape index (κ1) is 18.7. The summed E-state index contributed by atoms with van der Waals surface area (Å²) in [4.78, 5) is 26.4. The van der Waals surface area contributed by atoms with Crippen molar-refractivity contribution in [2.75, 3.05) is 13.1 Å². The molecule has 4 nitrogen and oxygen atoms in total. The number of benzene rings is 2. The lowest BCUT2D eigenvalue weighted by Crippen LogP contribution is -2.37. The Morgan fingerprint density at radius 3 is 2.32 bits per heavy atom. The van der Waals surface area contributed by atoms with Crippen LogP contribution >= 0.6 is 0 Å². The molecule has 4 heteroatoms. The van der Waals surface area contributed by atoms with Crippen molar-refractivity contribution in [2.24, 2.45) is 11.1 Å². The number of primary amides is 1. The second-order valence-electron chi connectivity index (χ2n) is 7.37. The van der Waals surface area contributed by atoms with Crippen molar-refractivity contribution in [2.45, 2.75) is 27.7 Å². The van der Waals surface area contributed by atoms with Crippen LogP contribution in [0.2, 0.25) is 0 Å². The standard InChI is InChI=1S/C21H26N2O2/c1-5-23(14-21(2,3)4)20(25)16-10-8-9-15(13-16)17-11-6-7-12-18(17)19(22)24/h6-13H,5,14H2,1-4H3,(H2,22,24). The number of carbonyl (C=O) groups excluding carboxylic acids is 2. The van der Waals surface area contributed by atoms with Crippen LogP contribution in [0.4, 0.5) is 0 Å². The summed E-state index contributed by atoms with van der Waals surface area (Å²) >= 11 is 0. The summed E-state index contributed by atoms with van der Waals surface area (Å²) in [6.45, 7) is 9.66. The highest BCUT2D eigenvalue weighted by Crippen LogP contribution is 2.25. The van der Waals surface area contributed by atoms with E-state index in [4.69, 9.17) is 5.73 Å². The van der Waals surface area contributed by atoms with Crippen molar-refractivity contribution in [1.29, 1.82) is 0 Å². The third-order valence-electron chi connectivity index (χ3n) is 3.95. The lowest BCUT2D eigenvalue weighted by atomic mass is 9.95. The molecule has 2 aromatic carbocycles. The minimum atomic E-state index is -0.477. The molecular weight excluding hydrogens is 312 g/mol. The summed E-state index contributed by atoms with van der Waals surface area (Å²) < 4.78 is 0. The number of rotatable bonds is 5. The van der Waals surface area contributed by atoms with Crippen molar-refractivity contribution in [3.63, 3.8) is 0 Å². The second-order valence-corrected chi connectivity index (χ2v) is 7.37. The highest BCUT2D eigenvalue weighted by molar-refractivity contribution is 6.01. The van der Waals surface area contributed by atoms with Crippen molar-refractivity contribution in [1.82, 2.24) is 4.90 Å². The van der Waals surface area contributed by atoms with Gasteiger partial charge in [0.25, 0.3) is 5.91 Å². The molecular formula is C21H26N2O2. The van der Waals surface area contributed by atoms with Crippen LogP contribution < -0.4 is 5.73 Å². The molecule has 132 valence electrons. The van der Waals surface area contributed by atoms with Gasteiger partial charge in [0.15, 0.2) is 0 Å². The van der Waals surface area contributed by atoms with Gasteiger partial charge >= 0.3 is 0 Å². The fraction of sp³-hybridized carbons (Fsp3) is 0.333. The average molecular weight is 338 g/mol. The van der Waals surface area contributed by atoms with Gasteiger partial charge in [-0.05, 0) is 41.7 Å². The van der Waals surface area contributed by atoms with Crippen molar-refractivity contribution in [3.05, 3.63) is 59.7 Å². The van der Waals surface area contributed by atoms with Gasteiger partial charge in [-0.3, -0.25) is 9.59 Å². The first-order valence-electron chi connectivity index (χ1n) is 8.51. The van der Waals surface area contributed by atoms with E-state index in [0.717, 1.165) is 11.1 Å². The molecule has 0 aliphatic carbocycles. The van der Waals surface area contributed by atoms with Gasteiger partial charge in [-0.25, -0.2) is 0 Å².